The van der Waals surface area contributed by atoms with Crippen molar-refractivity contribution in [2.45, 2.75) is 32.8 Å². The summed E-state index contributed by atoms with van der Waals surface area (Å²) >= 11 is 0. The number of rotatable bonds is 6. The van der Waals surface area contributed by atoms with Crippen LogP contribution < -0.4 is 9.80 Å². The maximum atomic E-state index is 14.6. The summed E-state index contributed by atoms with van der Waals surface area (Å²) in [6.45, 7) is 6.49. The Morgan fingerprint density at radius 1 is 1.30 bits per heavy atom. The molecule has 0 saturated carbocycles. The van der Waals surface area contributed by atoms with Crippen molar-refractivity contribution >= 4 is 23.3 Å². The lowest BCUT2D eigenvalue weighted by molar-refractivity contribution is -0.115. The molecule has 7 heteroatoms. The Morgan fingerprint density at radius 3 is 2.70 bits per heavy atom. The summed E-state index contributed by atoms with van der Waals surface area (Å²) in [5, 5.41) is 0. The van der Waals surface area contributed by atoms with Gasteiger partial charge in [0.15, 0.2) is 5.78 Å². The Balaban J connectivity index is 1.62. The Hall–Kier alpha value is -2.41. The molecule has 0 radical (unpaired) electrons. The second-order valence-corrected chi connectivity index (χ2v) is 7.08. The summed E-state index contributed by atoms with van der Waals surface area (Å²) in [7, 11) is 0. The van der Waals surface area contributed by atoms with E-state index in [2.05, 4.69) is 0 Å². The summed E-state index contributed by atoms with van der Waals surface area (Å²) < 4.78 is 25.2. The molecule has 2 heterocycles. The molecule has 3 rings (SSSR count). The van der Waals surface area contributed by atoms with Crippen LogP contribution in [0.2, 0.25) is 0 Å². The molecule has 0 aliphatic carbocycles. The number of carbonyl (C=O) groups excluding carboxylic acids is 2. The Labute approximate surface area is 158 Å². The van der Waals surface area contributed by atoms with Gasteiger partial charge in [0.1, 0.15) is 11.9 Å². The van der Waals surface area contributed by atoms with E-state index in [1.54, 1.807) is 18.2 Å². The van der Waals surface area contributed by atoms with Gasteiger partial charge in [0.25, 0.3) is 0 Å². The number of ketones is 1. The summed E-state index contributed by atoms with van der Waals surface area (Å²) in [6, 6.07) is 4.78. The molecule has 0 N–H and O–H groups in total. The lowest BCUT2D eigenvalue weighted by Gasteiger charge is -2.29. The first-order valence-corrected chi connectivity index (χ1v) is 9.22. The van der Waals surface area contributed by atoms with Gasteiger partial charge in [-0.2, -0.15) is 0 Å². The average molecular weight is 376 g/mol. The smallest absolute Gasteiger partial charge is 0.414 e. The zero-order valence-corrected chi connectivity index (χ0v) is 15.7. The number of allylic oxidation sites excluding steroid dienone is 2. The first kappa shape index (κ1) is 19.4. The predicted octanol–water partition coefficient (Wildman–Crippen LogP) is 3.30. The average Bonchev–Trinajstić information content (AvgIpc) is 3.01. The van der Waals surface area contributed by atoms with Gasteiger partial charge in [0.2, 0.25) is 0 Å². The monoisotopic (exact) mass is 376 g/mol. The molecule has 6 nitrogen and oxygen atoms in total. The molecule has 2 aliphatic rings. The topological polar surface area (TPSA) is 59.1 Å². The number of ether oxygens (including phenoxy) is 2. The van der Waals surface area contributed by atoms with Gasteiger partial charge >= 0.3 is 6.09 Å². The molecule has 1 amide bonds. The number of nitrogens with zero attached hydrogens (tertiary/aromatic N) is 2. The lowest BCUT2D eigenvalue weighted by Crippen LogP contribution is -2.36. The number of benzene rings is 1. The molecule has 1 aromatic rings. The highest BCUT2D eigenvalue weighted by Gasteiger charge is 2.33. The Morgan fingerprint density at radius 2 is 2.04 bits per heavy atom. The number of anilines is 2. The van der Waals surface area contributed by atoms with Crippen LogP contribution in [0.3, 0.4) is 0 Å². The van der Waals surface area contributed by atoms with E-state index in [9.17, 15) is 14.0 Å². The molecule has 146 valence electrons. The van der Waals surface area contributed by atoms with E-state index in [1.165, 1.54) is 11.0 Å². The van der Waals surface area contributed by atoms with E-state index >= 15 is 0 Å². The predicted molar refractivity (Wildman–Crippen MR) is 101 cm³/mol. The fourth-order valence-electron chi connectivity index (χ4n) is 3.30. The van der Waals surface area contributed by atoms with Crippen molar-refractivity contribution in [1.82, 2.24) is 0 Å². The van der Waals surface area contributed by atoms with E-state index in [-0.39, 0.29) is 17.7 Å². The fraction of sp³-hybridized carbons (Fsp3) is 0.500. The SMILES string of the molecule is CC(C)=CC(=O)CC[C@H]1CN(c2ccc(N3CCOCC3)c(F)c2)C(=O)O1. The highest BCUT2D eigenvalue weighted by Crippen LogP contribution is 2.29. The Bertz CT molecular complexity index is 739. The van der Waals surface area contributed by atoms with E-state index in [1.807, 2.05) is 18.7 Å². The van der Waals surface area contributed by atoms with Crippen molar-refractivity contribution in [3.63, 3.8) is 0 Å². The fourth-order valence-corrected chi connectivity index (χ4v) is 3.30. The normalized spacial score (nSPS) is 19.8. The molecule has 2 fully saturated rings. The number of carbonyl (C=O) groups is 2. The van der Waals surface area contributed by atoms with Gasteiger partial charge in [-0.1, -0.05) is 5.57 Å². The third kappa shape index (κ3) is 4.86. The molecule has 1 aromatic carbocycles. The molecular weight excluding hydrogens is 351 g/mol. The van der Waals surface area contributed by atoms with Crippen LogP contribution in [0.1, 0.15) is 26.7 Å². The number of morpholine rings is 1. The lowest BCUT2D eigenvalue weighted by atomic mass is 10.1. The zero-order valence-electron chi connectivity index (χ0n) is 15.7. The van der Waals surface area contributed by atoms with Crippen molar-refractivity contribution in [3.05, 3.63) is 35.7 Å². The number of hydrogen-bond donors (Lipinski definition) is 0. The van der Waals surface area contributed by atoms with Crippen molar-refractivity contribution in [1.29, 1.82) is 0 Å². The van der Waals surface area contributed by atoms with E-state index < -0.39 is 6.09 Å². The molecule has 0 spiro atoms. The molecule has 27 heavy (non-hydrogen) atoms. The number of hydrogen-bond acceptors (Lipinski definition) is 5. The van der Waals surface area contributed by atoms with Crippen LogP contribution in [0.4, 0.5) is 20.6 Å². The van der Waals surface area contributed by atoms with Crippen molar-refractivity contribution in [2.75, 3.05) is 42.6 Å². The highest BCUT2D eigenvalue weighted by atomic mass is 19.1. The third-order valence-electron chi connectivity index (χ3n) is 4.63. The van der Waals surface area contributed by atoms with Crippen LogP contribution in [0.25, 0.3) is 0 Å². The highest BCUT2D eigenvalue weighted by molar-refractivity contribution is 5.91. The minimum absolute atomic E-state index is 0.0189. The quantitative estimate of drug-likeness (QED) is 0.713. The van der Waals surface area contributed by atoms with Gasteiger partial charge in [-0.25, -0.2) is 9.18 Å². The second-order valence-electron chi connectivity index (χ2n) is 7.08. The summed E-state index contributed by atoms with van der Waals surface area (Å²) in [5.74, 6) is -0.352. The standard InChI is InChI=1S/C20H25FN2O4/c1-14(2)11-16(24)4-5-17-13-23(20(25)27-17)15-3-6-19(18(21)12-15)22-7-9-26-10-8-22/h3,6,11-12,17H,4-5,7-10,13H2,1-2H3/t17-/m0/s1. The van der Waals surface area contributed by atoms with E-state index in [0.29, 0.717) is 57.1 Å². The molecule has 0 aromatic heterocycles. The second kappa shape index (κ2) is 8.52. The van der Waals surface area contributed by atoms with Crippen molar-refractivity contribution < 1.29 is 23.5 Å². The first-order valence-electron chi connectivity index (χ1n) is 9.22. The van der Waals surface area contributed by atoms with Crippen LogP contribution in [0.5, 0.6) is 0 Å². The minimum Gasteiger partial charge on any atom is -0.444 e. The van der Waals surface area contributed by atoms with Gasteiger partial charge in [-0.05, 0) is 44.5 Å². The van der Waals surface area contributed by atoms with Gasteiger partial charge < -0.3 is 14.4 Å². The largest absolute Gasteiger partial charge is 0.444 e. The van der Waals surface area contributed by atoms with Gasteiger partial charge in [0, 0.05) is 19.5 Å². The van der Waals surface area contributed by atoms with Crippen LogP contribution in [-0.2, 0) is 14.3 Å². The van der Waals surface area contributed by atoms with E-state index in [0.717, 1.165) is 5.57 Å². The number of amides is 1. The third-order valence-corrected chi connectivity index (χ3v) is 4.63. The molecule has 0 bridgehead atoms. The van der Waals surface area contributed by atoms with Gasteiger partial charge in [0.05, 0.1) is 31.1 Å². The number of cyclic esters (lactones) is 1. The summed E-state index contributed by atoms with van der Waals surface area (Å²) in [5.41, 5.74) is 1.92. The maximum absolute atomic E-state index is 14.6. The van der Waals surface area contributed by atoms with Crippen molar-refractivity contribution in [3.8, 4) is 0 Å². The molecular formula is C20H25FN2O4. The van der Waals surface area contributed by atoms with Gasteiger partial charge in [-0.15, -0.1) is 0 Å². The van der Waals surface area contributed by atoms with Crippen LogP contribution >= 0.6 is 0 Å². The van der Waals surface area contributed by atoms with Gasteiger partial charge in [-0.3, -0.25) is 9.69 Å². The Kier molecular flexibility index (Phi) is 6.11. The molecule has 1 atom stereocenters. The van der Waals surface area contributed by atoms with Crippen LogP contribution in [0, 0.1) is 5.82 Å². The molecule has 2 saturated heterocycles. The van der Waals surface area contributed by atoms with E-state index in [4.69, 9.17) is 9.47 Å². The maximum Gasteiger partial charge on any atom is 0.414 e. The summed E-state index contributed by atoms with van der Waals surface area (Å²) in [4.78, 5) is 27.3. The van der Waals surface area contributed by atoms with Crippen molar-refractivity contribution in [2.24, 2.45) is 0 Å². The molecule has 2 aliphatic heterocycles. The molecule has 0 unspecified atom stereocenters. The number of halogens is 1. The summed E-state index contributed by atoms with van der Waals surface area (Å²) in [6.07, 6.45) is 1.50. The first-order chi connectivity index (χ1) is 12.9. The van der Waals surface area contributed by atoms with Crippen LogP contribution in [0.15, 0.2) is 29.8 Å². The zero-order chi connectivity index (χ0) is 19.4. The van der Waals surface area contributed by atoms with Crippen LogP contribution in [-0.4, -0.2) is 50.8 Å². The minimum atomic E-state index is -0.506.